The molecule has 0 atom stereocenters. The van der Waals surface area contributed by atoms with Crippen LogP contribution in [0.4, 0.5) is 8.78 Å². The molecule has 1 heterocycles. The minimum absolute atomic E-state index is 0.0281. The molecule has 0 spiro atoms. The number of aryl methyl sites for hydroxylation is 1. The summed E-state index contributed by atoms with van der Waals surface area (Å²) in [7, 11) is 0. The lowest BCUT2D eigenvalue weighted by molar-refractivity contribution is 0.0988. The number of carbonyl (C=O) groups is 1. The summed E-state index contributed by atoms with van der Waals surface area (Å²) < 4.78 is 25.6. The van der Waals surface area contributed by atoms with Gasteiger partial charge in [-0.2, -0.15) is 0 Å². The van der Waals surface area contributed by atoms with Crippen LogP contribution in [0.15, 0.2) is 23.6 Å². The Morgan fingerprint density at radius 3 is 2.71 bits per heavy atom. The molecule has 88 valence electrons. The van der Waals surface area contributed by atoms with Crippen molar-refractivity contribution in [2.24, 2.45) is 0 Å². The molecule has 0 aliphatic carbocycles. The van der Waals surface area contributed by atoms with E-state index in [9.17, 15) is 13.6 Å². The van der Waals surface area contributed by atoms with Crippen LogP contribution in [0.5, 0.6) is 0 Å². The van der Waals surface area contributed by atoms with E-state index in [1.54, 1.807) is 12.3 Å². The number of benzene rings is 1. The van der Waals surface area contributed by atoms with Crippen molar-refractivity contribution in [1.82, 2.24) is 4.98 Å². The Hall–Kier alpha value is -1.62. The highest BCUT2D eigenvalue weighted by Crippen LogP contribution is 2.13. The minimum Gasteiger partial charge on any atom is -0.292 e. The van der Waals surface area contributed by atoms with Gasteiger partial charge in [0.15, 0.2) is 17.4 Å². The second kappa shape index (κ2) is 4.71. The Bertz CT molecular complexity index is 565. The molecular weight excluding hydrogens is 244 g/mol. The number of hydrogen-bond donors (Lipinski definition) is 0. The van der Waals surface area contributed by atoms with E-state index >= 15 is 0 Å². The zero-order valence-electron chi connectivity index (χ0n) is 9.04. The first-order chi connectivity index (χ1) is 8.06. The summed E-state index contributed by atoms with van der Waals surface area (Å²) in [4.78, 5) is 15.8. The van der Waals surface area contributed by atoms with Gasteiger partial charge in [0.25, 0.3) is 0 Å². The van der Waals surface area contributed by atoms with Crippen molar-refractivity contribution in [2.75, 3.05) is 0 Å². The van der Waals surface area contributed by atoms with Gasteiger partial charge in [-0.25, -0.2) is 13.8 Å². The Labute approximate surface area is 101 Å². The zero-order valence-corrected chi connectivity index (χ0v) is 9.85. The van der Waals surface area contributed by atoms with Gasteiger partial charge < -0.3 is 0 Å². The number of thiazole rings is 1. The summed E-state index contributed by atoms with van der Waals surface area (Å²) >= 11 is 1.38. The van der Waals surface area contributed by atoms with Crippen LogP contribution in [0.25, 0.3) is 0 Å². The van der Waals surface area contributed by atoms with E-state index in [4.69, 9.17) is 0 Å². The fourth-order valence-corrected chi connectivity index (χ4v) is 2.03. The lowest BCUT2D eigenvalue weighted by atomic mass is 10.1. The van der Waals surface area contributed by atoms with Crippen molar-refractivity contribution in [1.29, 1.82) is 0 Å². The maximum atomic E-state index is 12.9. The number of aromatic nitrogens is 1. The lowest BCUT2D eigenvalue weighted by Crippen LogP contribution is -2.04. The summed E-state index contributed by atoms with van der Waals surface area (Å²) in [5.41, 5.74) is 0.816. The molecule has 2 aromatic rings. The summed E-state index contributed by atoms with van der Waals surface area (Å²) in [5, 5.41) is 2.47. The molecule has 0 bridgehead atoms. The van der Waals surface area contributed by atoms with E-state index in [1.807, 2.05) is 0 Å². The number of Topliss-reactive ketones (excluding diaryl/α,β-unsaturated/α-hetero) is 1. The van der Waals surface area contributed by atoms with Gasteiger partial charge in [0.2, 0.25) is 0 Å². The van der Waals surface area contributed by atoms with Crippen molar-refractivity contribution < 1.29 is 13.6 Å². The third-order valence-electron chi connectivity index (χ3n) is 2.25. The molecule has 0 saturated carbocycles. The molecule has 5 heteroatoms. The molecule has 0 aliphatic rings. The molecular formula is C12H9F2NOS. The average Bonchev–Trinajstić information content (AvgIpc) is 2.70. The average molecular weight is 253 g/mol. The fraction of sp³-hybridized carbons (Fsp3) is 0.167. The molecule has 0 amide bonds. The van der Waals surface area contributed by atoms with Crippen molar-refractivity contribution in [3.63, 3.8) is 0 Å². The van der Waals surface area contributed by atoms with Gasteiger partial charge in [0.05, 0.1) is 5.01 Å². The van der Waals surface area contributed by atoms with E-state index < -0.39 is 11.6 Å². The van der Waals surface area contributed by atoms with E-state index in [0.29, 0.717) is 11.3 Å². The van der Waals surface area contributed by atoms with Crippen molar-refractivity contribution >= 4 is 17.1 Å². The van der Waals surface area contributed by atoms with Crippen LogP contribution in [0.1, 0.15) is 21.1 Å². The van der Waals surface area contributed by atoms with Gasteiger partial charge in [-0.15, -0.1) is 11.3 Å². The molecule has 0 fully saturated rings. The maximum Gasteiger partial charge on any atom is 0.186 e. The van der Waals surface area contributed by atoms with Gasteiger partial charge >= 0.3 is 0 Å². The fourth-order valence-electron chi connectivity index (χ4n) is 1.42. The smallest absolute Gasteiger partial charge is 0.186 e. The van der Waals surface area contributed by atoms with Crippen LogP contribution < -0.4 is 0 Å². The summed E-state index contributed by atoms with van der Waals surface area (Å²) in [6.07, 6.45) is 0.0281. The number of carbonyl (C=O) groups excluding carboxylic acids is 1. The van der Waals surface area contributed by atoms with Gasteiger partial charge in [-0.05, 0) is 24.6 Å². The van der Waals surface area contributed by atoms with Crippen molar-refractivity contribution in [2.45, 2.75) is 13.3 Å². The zero-order chi connectivity index (χ0) is 12.4. The van der Waals surface area contributed by atoms with Crippen LogP contribution in [-0.4, -0.2) is 10.8 Å². The normalized spacial score (nSPS) is 10.5. The van der Waals surface area contributed by atoms with E-state index in [-0.39, 0.29) is 12.2 Å². The predicted molar refractivity (Wildman–Crippen MR) is 61.2 cm³/mol. The molecule has 2 nitrogen and oxygen atoms in total. The summed E-state index contributed by atoms with van der Waals surface area (Å²) in [5.74, 6) is -2.05. The Morgan fingerprint density at radius 1 is 1.35 bits per heavy atom. The number of hydrogen-bond acceptors (Lipinski definition) is 3. The topological polar surface area (TPSA) is 30.0 Å². The molecule has 2 rings (SSSR count). The molecule has 0 saturated heterocycles. The number of rotatable bonds is 3. The predicted octanol–water partition coefficient (Wildman–Crippen LogP) is 3.16. The Morgan fingerprint density at radius 2 is 2.12 bits per heavy atom. The number of nitrogens with zero attached hydrogens (tertiary/aromatic N) is 1. The third kappa shape index (κ3) is 2.74. The van der Waals surface area contributed by atoms with Crippen LogP contribution in [0.2, 0.25) is 0 Å². The first-order valence-corrected chi connectivity index (χ1v) is 5.83. The highest BCUT2D eigenvalue weighted by Gasteiger charge is 2.11. The maximum absolute atomic E-state index is 12.9. The van der Waals surface area contributed by atoms with Crippen LogP contribution in [0.3, 0.4) is 0 Å². The first kappa shape index (κ1) is 11.9. The second-order valence-electron chi connectivity index (χ2n) is 3.60. The lowest BCUT2D eigenvalue weighted by Gasteiger charge is -2.00. The van der Waals surface area contributed by atoms with Crippen molar-refractivity contribution in [3.8, 4) is 0 Å². The largest absolute Gasteiger partial charge is 0.292 e. The van der Waals surface area contributed by atoms with E-state index in [1.165, 1.54) is 17.4 Å². The number of halogens is 2. The van der Waals surface area contributed by atoms with Gasteiger partial charge in [-0.3, -0.25) is 4.79 Å². The van der Waals surface area contributed by atoms with Gasteiger partial charge in [0, 0.05) is 11.8 Å². The molecule has 0 unspecified atom stereocenters. The van der Waals surface area contributed by atoms with Crippen molar-refractivity contribution in [3.05, 3.63) is 51.5 Å². The Kier molecular flexibility index (Phi) is 3.28. The quantitative estimate of drug-likeness (QED) is 0.786. The van der Waals surface area contributed by atoms with E-state index in [2.05, 4.69) is 4.98 Å². The monoisotopic (exact) mass is 253 g/mol. The van der Waals surface area contributed by atoms with Gasteiger partial charge in [0.1, 0.15) is 5.69 Å². The summed E-state index contributed by atoms with van der Waals surface area (Å²) in [6.45, 7) is 1.80. The first-order valence-electron chi connectivity index (χ1n) is 4.95. The highest BCUT2D eigenvalue weighted by atomic mass is 32.1. The molecule has 0 aliphatic heterocycles. The molecule has 17 heavy (non-hydrogen) atoms. The SMILES string of the molecule is Cc1nc(C(=O)Cc2ccc(F)c(F)c2)cs1. The second-order valence-corrected chi connectivity index (χ2v) is 4.66. The summed E-state index contributed by atoms with van der Waals surface area (Å²) in [6, 6.07) is 3.45. The van der Waals surface area contributed by atoms with Crippen LogP contribution in [0, 0.1) is 18.6 Å². The van der Waals surface area contributed by atoms with Gasteiger partial charge in [-0.1, -0.05) is 6.07 Å². The highest BCUT2D eigenvalue weighted by molar-refractivity contribution is 7.09. The van der Waals surface area contributed by atoms with E-state index in [0.717, 1.165) is 17.1 Å². The van der Waals surface area contributed by atoms with Crippen LogP contribution >= 0.6 is 11.3 Å². The Balaban J connectivity index is 2.15. The third-order valence-corrected chi connectivity index (χ3v) is 3.03. The molecule has 0 N–H and O–H groups in total. The van der Waals surface area contributed by atoms with Crippen LogP contribution in [-0.2, 0) is 6.42 Å². The number of ketones is 1. The minimum atomic E-state index is -0.940. The molecule has 1 aromatic heterocycles. The molecule has 1 aromatic carbocycles. The molecule has 0 radical (unpaired) electrons. The standard InChI is InChI=1S/C12H9F2NOS/c1-7-15-11(6-17-7)12(16)5-8-2-3-9(13)10(14)4-8/h2-4,6H,5H2,1H3.